The number of benzene rings is 1. The number of aryl methyl sites for hydroxylation is 1. The Bertz CT molecular complexity index is 958. The molecule has 2 heterocycles. The van der Waals surface area contributed by atoms with Gasteiger partial charge in [-0.15, -0.1) is 0 Å². The molecule has 0 unspecified atom stereocenters. The minimum Gasteiger partial charge on any atom is -0.353 e. The van der Waals surface area contributed by atoms with E-state index in [4.69, 9.17) is 5.10 Å². The van der Waals surface area contributed by atoms with Gasteiger partial charge in [-0.05, 0) is 57.1 Å². The molecule has 3 N–H and O–H groups in total. The average molecular weight is 477 g/mol. The van der Waals surface area contributed by atoms with Crippen molar-refractivity contribution in [2.24, 2.45) is 10.1 Å². The van der Waals surface area contributed by atoms with Crippen LogP contribution < -0.4 is 16.2 Å². The van der Waals surface area contributed by atoms with Gasteiger partial charge in [-0.25, -0.2) is 0 Å². The average Bonchev–Trinajstić information content (AvgIpc) is 3.37. The predicted octanol–water partition coefficient (Wildman–Crippen LogP) is 5.44. The first-order valence-corrected chi connectivity index (χ1v) is 13.7. The molecule has 0 atom stereocenters. The maximum absolute atomic E-state index is 5.17. The summed E-state index contributed by atoms with van der Waals surface area (Å²) in [6.07, 6.45) is 16.0. The summed E-state index contributed by atoms with van der Waals surface area (Å²) in [4.78, 5) is 4.30. The van der Waals surface area contributed by atoms with E-state index in [0.29, 0.717) is 0 Å². The Hall–Kier alpha value is -2.76. The van der Waals surface area contributed by atoms with E-state index in [9.17, 15) is 0 Å². The molecule has 6 nitrogen and oxygen atoms in total. The highest BCUT2D eigenvalue weighted by Gasteiger charge is 2.32. The first kappa shape index (κ1) is 25.3. The van der Waals surface area contributed by atoms with Crippen LogP contribution in [0.3, 0.4) is 0 Å². The largest absolute Gasteiger partial charge is 0.353 e. The van der Waals surface area contributed by atoms with E-state index in [0.717, 1.165) is 50.6 Å². The van der Waals surface area contributed by atoms with Gasteiger partial charge in [0.05, 0.1) is 17.8 Å². The first-order valence-electron chi connectivity index (χ1n) is 13.7. The molecule has 1 aliphatic carbocycles. The standard InChI is InChI=1S/C29H44N6/c1-23(32-33-28-30-19-20-31-28)14-10-8-6-4-5-7-9-13-21-35-29(2,3)22-25-18-17-24-15-11-12-16-26(24)27(25)34-35/h11-12,15-16,22,32H,1,4-10,13-14,17-21H2,2-3H3,(H2,30,31,33). The smallest absolute Gasteiger partial charge is 0.210 e. The molecule has 1 aromatic rings. The number of fused-ring (bicyclic) bond motifs is 3. The lowest BCUT2D eigenvalue weighted by Crippen LogP contribution is -2.44. The lowest BCUT2D eigenvalue weighted by atomic mass is 9.82. The Labute approximate surface area is 212 Å². The van der Waals surface area contributed by atoms with Crippen LogP contribution in [0.25, 0.3) is 0 Å². The monoisotopic (exact) mass is 476 g/mol. The highest BCUT2D eigenvalue weighted by Crippen LogP contribution is 2.33. The zero-order chi connectivity index (χ0) is 24.5. The maximum Gasteiger partial charge on any atom is 0.210 e. The fourth-order valence-electron chi connectivity index (χ4n) is 5.23. The Morgan fingerprint density at radius 2 is 1.77 bits per heavy atom. The van der Waals surface area contributed by atoms with Crippen molar-refractivity contribution in [3.05, 3.63) is 59.3 Å². The molecule has 190 valence electrons. The summed E-state index contributed by atoms with van der Waals surface area (Å²) in [6, 6.07) is 8.79. The second-order valence-corrected chi connectivity index (χ2v) is 10.6. The molecular weight excluding hydrogens is 432 g/mol. The fourth-order valence-corrected chi connectivity index (χ4v) is 5.23. The van der Waals surface area contributed by atoms with Gasteiger partial charge in [0.2, 0.25) is 5.96 Å². The van der Waals surface area contributed by atoms with Crippen molar-refractivity contribution in [2.75, 3.05) is 19.6 Å². The highest BCUT2D eigenvalue weighted by molar-refractivity contribution is 6.14. The van der Waals surface area contributed by atoms with Crippen LogP contribution in [0.15, 0.2) is 58.3 Å². The number of hydrogen-bond acceptors (Lipinski definition) is 6. The molecule has 1 aromatic carbocycles. The molecule has 2 aliphatic heterocycles. The van der Waals surface area contributed by atoms with Gasteiger partial charge < -0.3 is 10.7 Å². The fraction of sp³-hybridized carbons (Fsp3) is 0.586. The lowest BCUT2D eigenvalue weighted by Gasteiger charge is -2.40. The Balaban J connectivity index is 1.07. The number of nitrogens with one attached hydrogen (secondary N) is 3. The summed E-state index contributed by atoms with van der Waals surface area (Å²) >= 11 is 0. The topological polar surface area (TPSA) is 64.0 Å². The van der Waals surface area contributed by atoms with E-state index < -0.39 is 0 Å². The van der Waals surface area contributed by atoms with Crippen LogP contribution in [-0.2, 0) is 6.42 Å². The number of allylic oxidation sites excluding steroid dienone is 2. The second-order valence-electron chi connectivity index (χ2n) is 10.6. The maximum atomic E-state index is 5.17. The van der Waals surface area contributed by atoms with Crippen molar-refractivity contribution in [1.82, 2.24) is 21.2 Å². The molecule has 0 fully saturated rings. The Kier molecular flexibility index (Phi) is 8.89. The minimum absolute atomic E-state index is 0.000565. The predicted molar refractivity (Wildman–Crippen MR) is 147 cm³/mol. The zero-order valence-electron chi connectivity index (χ0n) is 21.8. The second kappa shape index (κ2) is 12.3. The SMILES string of the molecule is C=C(CCCCCCCCCCN1N=C2C(=CC1(C)C)CCc1ccccc12)NNC1=NCCN1. The van der Waals surface area contributed by atoms with Gasteiger partial charge >= 0.3 is 0 Å². The van der Waals surface area contributed by atoms with Crippen molar-refractivity contribution >= 4 is 11.7 Å². The number of guanidine groups is 1. The van der Waals surface area contributed by atoms with Crippen molar-refractivity contribution < 1.29 is 0 Å². The summed E-state index contributed by atoms with van der Waals surface area (Å²) in [5.74, 6) is 0.822. The number of hydrazine groups is 1. The van der Waals surface area contributed by atoms with E-state index in [1.54, 1.807) is 0 Å². The van der Waals surface area contributed by atoms with Crippen LogP contribution in [0, 0.1) is 0 Å². The van der Waals surface area contributed by atoms with Gasteiger partial charge in [0.1, 0.15) is 0 Å². The third kappa shape index (κ3) is 7.12. The Morgan fingerprint density at radius 3 is 2.54 bits per heavy atom. The highest BCUT2D eigenvalue weighted by atomic mass is 15.5. The molecule has 0 saturated carbocycles. The quantitative estimate of drug-likeness (QED) is 0.262. The Morgan fingerprint density at radius 1 is 1.03 bits per heavy atom. The summed E-state index contributed by atoms with van der Waals surface area (Å²) < 4.78 is 0. The molecule has 0 amide bonds. The van der Waals surface area contributed by atoms with E-state index in [1.165, 1.54) is 73.8 Å². The van der Waals surface area contributed by atoms with Crippen LogP contribution in [0.5, 0.6) is 0 Å². The number of nitrogens with zero attached hydrogens (tertiary/aromatic N) is 3. The van der Waals surface area contributed by atoms with E-state index in [2.05, 4.69) is 76.9 Å². The molecule has 0 radical (unpaired) electrons. The third-order valence-electron chi connectivity index (χ3n) is 7.28. The van der Waals surface area contributed by atoms with E-state index >= 15 is 0 Å². The van der Waals surface area contributed by atoms with Gasteiger partial charge in [0.15, 0.2) is 0 Å². The number of unbranched alkanes of at least 4 members (excludes halogenated alkanes) is 7. The van der Waals surface area contributed by atoms with Gasteiger partial charge in [0.25, 0.3) is 0 Å². The van der Waals surface area contributed by atoms with Crippen LogP contribution >= 0.6 is 0 Å². The molecule has 0 saturated heterocycles. The molecular formula is C29H44N6. The summed E-state index contributed by atoms with van der Waals surface area (Å²) in [6.45, 7) is 11.5. The van der Waals surface area contributed by atoms with Crippen molar-refractivity contribution in [2.45, 2.75) is 90.0 Å². The molecule has 3 aliphatic rings. The van der Waals surface area contributed by atoms with Crippen LogP contribution in [-0.4, -0.2) is 41.9 Å². The molecule has 4 rings (SSSR count). The minimum atomic E-state index is 0.000565. The summed E-state index contributed by atoms with van der Waals surface area (Å²) in [5.41, 5.74) is 12.7. The number of hydrogen-bond donors (Lipinski definition) is 3. The van der Waals surface area contributed by atoms with Gasteiger partial charge in [-0.3, -0.25) is 15.4 Å². The van der Waals surface area contributed by atoms with E-state index in [1.807, 2.05) is 0 Å². The van der Waals surface area contributed by atoms with Crippen molar-refractivity contribution in [3.63, 3.8) is 0 Å². The molecule has 0 bridgehead atoms. The molecule has 0 aromatic heterocycles. The molecule has 6 heteroatoms. The normalized spacial score (nSPS) is 18.0. The molecule has 35 heavy (non-hydrogen) atoms. The number of aliphatic imine (C=N–C) groups is 1. The van der Waals surface area contributed by atoms with Crippen molar-refractivity contribution in [3.8, 4) is 0 Å². The number of hydrazone groups is 1. The van der Waals surface area contributed by atoms with E-state index in [-0.39, 0.29) is 5.54 Å². The van der Waals surface area contributed by atoms with Gasteiger partial charge in [-0.1, -0.05) is 75.4 Å². The number of rotatable bonds is 13. The molecule has 0 spiro atoms. The summed E-state index contributed by atoms with van der Waals surface area (Å²) in [5, 5.41) is 10.7. The van der Waals surface area contributed by atoms with Crippen LogP contribution in [0.2, 0.25) is 0 Å². The van der Waals surface area contributed by atoms with Gasteiger partial charge in [-0.2, -0.15) is 5.10 Å². The van der Waals surface area contributed by atoms with Gasteiger partial charge in [0, 0.05) is 24.4 Å². The lowest BCUT2D eigenvalue weighted by molar-refractivity contribution is 0.160. The zero-order valence-corrected chi connectivity index (χ0v) is 21.8. The summed E-state index contributed by atoms with van der Waals surface area (Å²) in [7, 11) is 0. The van der Waals surface area contributed by atoms with Crippen molar-refractivity contribution in [1.29, 1.82) is 0 Å². The van der Waals surface area contributed by atoms with Crippen LogP contribution in [0.1, 0.15) is 89.2 Å². The van der Waals surface area contributed by atoms with Crippen LogP contribution in [0.4, 0.5) is 0 Å². The first-order chi connectivity index (χ1) is 17.0. The third-order valence-corrected chi connectivity index (χ3v) is 7.28.